The van der Waals surface area contributed by atoms with Gasteiger partial charge in [-0.2, -0.15) is 0 Å². The molecule has 7 atom stereocenters. The largest absolute Gasteiger partial charge is 0.414 e. The van der Waals surface area contributed by atoms with Crippen LogP contribution in [0.5, 0.6) is 0 Å². The first-order valence-corrected chi connectivity index (χ1v) is 20.1. The van der Waals surface area contributed by atoms with E-state index in [0.717, 1.165) is 61.2 Å². The molecule has 3 fully saturated rings. The van der Waals surface area contributed by atoms with Crippen LogP contribution in [0.1, 0.15) is 127 Å². The summed E-state index contributed by atoms with van der Waals surface area (Å²) in [6.07, 6.45) is 13.9. The first-order valence-electron chi connectivity index (χ1n) is 16.8. The Labute approximate surface area is 250 Å². The fourth-order valence-electron chi connectivity index (χ4n) is 8.47. The molecule has 1 aliphatic heterocycles. The van der Waals surface area contributed by atoms with E-state index in [1.807, 2.05) is 0 Å². The number of fused-ring (bicyclic) bond motifs is 1. The summed E-state index contributed by atoms with van der Waals surface area (Å²) in [6.45, 7) is 15.7. The number of aromatic nitrogens is 1. The van der Waals surface area contributed by atoms with Crippen LogP contribution in [0.25, 0.3) is 0 Å². The second-order valence-electron chi connectivity index (χ2n) is 13.5. The molecule has 7 heteroatoms. The Morgan fingerprint density at radius 3 is 2.55 bits per heavy atom. The van der Waals surface area contributed by atoms with Crippen molar-refractivity contribution in [1.82, 2.24) is 4.98 Å². The fraction of sp³-hybridized carbons (Fsp3) is 0.909. The van der Waals surface area contributed by atoms with Crippen molar-refractivity contribution in [3.05, 3.63) is 15.6 Å². The normalized spacial score (nSPS) is 30.8. The average Bonchev–Trinajstić information content (AvgIpc) is 3.52. The van der Waals surface area contributed by atoms with E-state index in [1.54, 1.807) is 11.3 Å². The van der Waals surface area contributed by atoms with Gasteiger partial charge in [-0.05, 0) is 99.6 Å². The monoisotopic (exact) mass is 593 g/mol. The quantitative estimate of drug-likeness (QED) is 0.206. The molecule has 1 aromatic heterocycles. The Morgan fingerprint density at radius 2 is 1.85 bits per heavy atom. The zero-order valence-corrected chi connectivity index (χ0v) is 28.3. The summed E-state index contributed by atoms with van der Waals surface area (Å²) in [5.41, 5.74) is 1.46. The average molecular weight is 594 g/mol. The maximum absolute atomic E-state index is 11.0. The molecule has 0 aromatic carbocycles. The van der Waals surface area contributed by atoms with Gasteiger partial charge in [0.25, 0.3) is 0 Å². The Bertz CT molecular complexity index is 893. The van der Waals surface area contributed by atoms with Crippen molar-refractivity contribution < 1.29 is 19.0 Å². The summed E-state index contributed by atoms with van der Waals surface area (Å²) in [5, 5.41) is 11.9. The number of nitrogens with zero attached hydrogens (tertiary/aromatic N) is 1. The van der Waals surface area contributed by atoms with Gasteiger partial charge in [-0.3, -0.25) is 0 Å². The number of aryl methyl sites for hydroxylation is 1. The second-order valence-corrected chi connectivity index (χ2v) is 19.3. The molecule has 1 saturated heterocycles. The summed E-state index contributed by atoms with van der Waals surface area (Å²) >= 11 is 1.67. The van der Waals surface area contributed by atoms with E-state index in [-0.39, 0.29) is 6.29 Å². The van der Waals surface area contributed by atoms with E-state index in [9.17, 15) is 5.11 Å². The molecular formula is C33H59NO4SSi. The first kappa shape index (κ1) is 32.6. The van der Waals surface area contributed by atoms with Crippen LogP contribution in [-0.2, 0) is 20.3 Å². The van der Waals surface area contributed by atoms with Gasteiger partial charge in [-0.15, -0.1) is 11.3 Å². The van der Waals surface area contributed by atoms with E-state index in [0.29, 0.717) is 24.0 Å². The van der Waals surface area contributed by atoms with Gasteiger partial charge in [0.15, 0.2) is 14.6 Å². The van der Waals surface area contributed by atoms with Crippen molar-refractivity contribution in [3.8, 4) is 0 Å². The molecule has 5 nitrogen and oxygen atoms in total. The van der Waals surface area contributed by atoms with Gasteiger partial charge in [-0.1, -0.05) is 53.9 Å². The van der Waals surface area contributed by atoms with Crippen molar-refractivity contribution in [2.45, 2.75) is 155 Å². The van der Waals surface area contributed by atoms with Crippen LogP contribution >= 0.6 is 11.3 Å². The third kappa shape index (κ3) is 7.60. The molecule has 2 aliphatic carbocycles. The summed E-state index contributed by atoms with van der Waals surface area (Å²) in [5.74, 6) is 2.21. The Kier molecular flexibility index (Phi) is 12.2. The number of rotatable bonds is 15. The summed E-state index contributed by atoms with van der Waals surface area (Å²) in [6, 6.07) is 3.77. The van der Waals surface area contributed by atoms with Crippen molar-refractivity contribution in [3.63, 3.8) is 0 Å². The van der Waals surface area contributed by atoms with E-state index < -0.39 is 14.4 Å². The summed E-state index contributed by atoms with van der Waals surface area (Å²) in [7, 11) is -1.58. The smallest absolute Gasteiger partial charge is 0.192 e. The Hall–Kier alpha value is -0.313. The molecule has 1 N–H and O–H groups in total. The Balaban J connectivity index is 1.25. The van der Waals surface area contributed by atoms with Gasteiger partial charge in [0.2, 0.25) is 0 Å². The highest BCUT2D eigenvalue weighted by atomic mass is 32.1. The zero-order chi connectivity index (χ0) is 28.8. The molecule has 2 heterocycles. The first-order chi connectivity index (χ1) is 19.2. The lowest BCUT2D eigenvalue weighted by atomic mass is 9.61. The van der Waals surface area contributed by atoms with Crippen molar-refractivity contribution in [2.75, 3.05) is 13.2 Å². The van der Waals surface area contributed by atoms with E-state index in [2.05, 4.69) is 41.5 Å². The predicted octanol–water partition coefficient (Wildman–Crippen LogP) is 8.98. The number of aliphatic hydroxyl groups excluding tert-OH is 1. The third-order valence-corrected chi connectivity index (χ3v) is 17.2. The number of ether oxygens (including phenoxy) is 2. The van der Waals surface area contributed by atoms with Gasteiger partial charge < -0.3 is 19.0 Å². The molecule has 0 radical (unpaired) electrons. The maximum Gasteiger partial charge on any atom is 0.192 e. The molecule has 7 unspecified atom stereocenters. The highest BCUT2D eigenvalue weighted by molar-refractivity contribution is 7.11. The lowest BCUT2D eigenvalue weighted by molar-refractivity contribution is -0.161. The van der Waals surface area contributed by atoms with Gasteiger partial charge in [0, 0.05) is 24.0 Å². The van der Waals surface area contributed by atoms with E-state index in [1.165, 1.54) is 68.0 Å². The minimum absolute atomic E-state index is 0.0436. The molecule has 2 saturated carbocycles. The molecule has 4 rings (SSSR count). The van der Waals surface area contributed by atoms with Crippen molar-refractivity contribution in [1.29, 1.82) is 0 Å². The van der Waals surface area contributed by atoms with Crippen LogP contribution in [0, 0.1) is 30.1 Å². The number of aliphatic hydroxyl groups is 1. The molecule has 0 spiro atoms. The van der Waals surface area contributed by atoms with Crippen LogP contribution in [0.4, 0.5) is 0 Å². The van der Waals surface area contributed by atoms with Crippen LogP contribution < -0.4 is 0 Å². The molecule has 40 heavy (non-hydrogen) atoms. The molecule has 0 amide bonds. The lowest BCUT2D eigenvalue weighted by Crippen LogP contribution is -2.48. The van der Waals surface area contributed by atoms with Crippen LogP contribution in [-0.4, -0.2) is 44.0 Å². The van der Waals surface area contributed by atoms with E-state index in [4.69, 9.17) is 18.9 Å². The molecular weight excluding hydrogens is 535 g/mol. The molecule has 3 aliphatic rings. The topological polar surface area (TPSA) is 60.8 Å². The number of hydrogen-bond donors (Lipinski definition) is 1. The highest BCUT2D eigenvalue weighted by Crippen LogP contribution is 2.59. The zero-order valence-electron chi connectivity index (χ0n) is 26.5. The Morgan fingerprint density at radius 1 is 1.07 bits per heavy atom. The van der Waals surface area contributed by atoms with Crippen molar-refractivity contribution in [2.24, 2.45) is 23.2 Å². The predicted molar refractivity (Wildman–Crippen MR) is 168 cm³/mol. The van der Waals surface area contributed by atoms with Gasteiger partial charge >= 0.3 is 0 Å². The summed E-state index contributed by atoms with van der Waals surface area (Å²) < 4.78 is 18.8. The van der Waals surface area contributed by atoms with Crippen LogP contribution in [0.2, 0.25) is 18.1 Å². The van der Waals surface area contributed by atoms with Crippen molar-refractivity contribution >= 4 is 19.7 Å². The van der Waals surface area contributed by atoms with Gasteiger partial charge in [0.1, 0.15) is 11.1 Å². The maximum atomic E-state index is 11.0. The van der Waals surface area contributed by atoms with E-state index >= 15 is 0 Å². The third-order valence-electron chi connectivity index (χ3n) is 11.3. The SMILES string of the molecule is CC[Si](CC)(CC)OC1CCCC2(C)C(C(C)CCCC(O)c3nc(C)c(CCOC4CCCCO4)s3)CCC12. The van der Waals surface area contributed by atoms with Crippen LogP contribution in [0.3, 0.4) is 0 Å². The number of hydrogen-bond acceptors (Lipinski definition) is 6. The van der Waals surface area contributed by atoms with Crippen LogP contribution in [0.15, 0.2) is 0 Å². The number of thiazole rings is 1. The summed E-state index contributed by atoms with van der Waals surface area (Å²) in [4.78, 5) is 5.98. The minimum atomic E-state index is -1.58. The van der Waals surface area contributed by atoms with Gasteiger partial charge in [0.05, 0.1) is 12.3 Å². The molecule has 1 aromatic rings. The minimum Gasteiger partial charge on any atom is -0.414 e. The second kappa shape index (κ2) is 14.9. The molecule has 0 bridgehead atoms. The van der Waals surface area contributed by atoms with Gasteiger partial charge in [-0.25, -0.2) is 4.98 Å². The molecule has 230 valence electrons. The standard InChI is InChI=1S/C33H59NO4SSi/c1-7-40(8-2,9-3)38-29-16-13-21-33(6)26(18-19-27(29)33)24(4)14-12-15-28(35)32-34-25(5)30(39-32)20-23-37-31-17-10-11-22-36-31/h24,26-29,31,35H,7-23H2,1-6H3. The lowest BCUT2D eigenvalue weighted by Gasteiger charge is -2.49. The fourth-order valence-corrected chi connectivity index (χ4v) is 12.5. The highest BCUT2D eigenvalue weighted by Gasteiger charge is 2.53.